The van der Waals surface area contributed by atoms with Crippen molar-refractivity contribution in [1.82, 2.24) is 4.90 Å². The molecule has 1 fully saturated rings. The van der Waals surface area contributed by atoms with Crippen molar-refractivity contribution in [3.63, 3.8) is 0 Å². The Bertz CT molecular complexity index is 465. The molecule has 1 aliphatic rings. The van der Waals surface area contributed by atoms with Crippen LogP contribution in [-0.4, -0.2) is 31.1 Å². The molecule has 0 amide bonds. The molecule has 21 heavy (non-hydrogen) atoms. The van der Waals surface area contributed by atoms with Crippen LogP contribution in [0.25, 0.3) is 0 Å². The lowest BCUT2D eigenvalue weighted by molar-refractivity contribution is 0.0898. The van der Waals surface area contributed by atoms with Crippen molar-refractivity contribution in [3.05, 3.63) is 28.8 Å². The SMILES string of the molecule is COc1c(C)cc(CN2CCC(N)C(C)(C)C2)cc1C.Cl. The second kappa shape index (κ2) is 6.99. The standard InChI is InChI=1S/C17H28N2O.ClH/c1-12-8-14(9-13(2)16(12)20-5)10-19-7-6-15(18)17(3,4)11-19;/h8-9,15H,6-7,10-11,18H2,1-5H3;1H. The molecule has 1 aliphatic heterocycles. The summed E-state index contributed by atoms with van der Waals surface area (Å²) in [4.78, 5) is 2.52. The summed E-state index contributed by atoms with van der Waals surface area (Å²) in [5, 5.41) is 0. The second-order valence-corrected chi connectivity index (χ2v) is 6.86. The van der Waals surface area contributed by atoms with Gasteiger partial charge in [0.2, 0.25) is 0 Å². The Kier molecular flexibility index (Phi) is 6.09. The van der Waals surface area contributed by atoms with E-state index in [2.05, 4.69) is 44.7 Å². The molecule has 4 heteroatoms. The van der Waals surface area contributed by atoms with Gasteiger partial charge in [0.25, 0.3) is 0 Å². The van der Waals surface area contributed by atoms with Gasteiger partial charge in [0.1, 0.15) is 5.75 Å². The molecule has 1 saturated heterocycles. The van der Waals surface area contributed by atoms with Crippen molar-refractivity contribution in [3.8, 4) is 5.75 Å². The molecule has 1 unspecified atom stereocenters. The third-order valence-electron chi connectivity index (χ3n) is 4.52. The van der Waals surface area contributed by atoms with Crippen LogP contribution in [0.5, 0.6) is 5.75 Å². The third-order valence-corrected chi connectivity index (χ3v) is 4.52. The quantitative estimate of drug-likeness (QED) is 0.930. The van der Waals surface area contributed by atoms with E-state index < -0.39 is 0 Å². The minimum Gasteiger partial charge on any atom is -0.496 e. The van der Waals surface area contributed by atoms with E-state index in [1.54, 1.807) is 7.11 Å². The summed E-state index contributed by atoms with van der Waals surface area (Å²) in [7, 11) is 1.74. The van der Waals surface area contributed by atoms with Crippen molar-refractivity contribution in [2.24, 2.45) is 11.1 Å². The zero-order valence-electron chi connectivity index (χ0n) is 13.9. The average Bonchev–Trinajstić information content (AvgIpc) is 2.33. The number of rotatable bonds is 3. The minimum atomic E-state index is 0. The van der Waals surface area contributed by atoms with Crippen molar-refractivity contribution < 1.29 is 4.74 Å². The number of aryl methyl sites for hydroxylation is 2. The lowest BCUT2D eigenvalue weighted by atomic mass is 9.79. The van der Waals surface area contributed by atoms with E-state index in [4.69, 9.17) is 10.5 Å². The van der Waals surface area contributed by atoms with E-state index >= 15 is 0 Å². The van der Waals surface area contributed by atoms with Gasteiger partial charge < -0.3 is 10.5 Å². The second-order valence-electron chi connectivity index (χ2n) is 6.86. The number of piperidine rings is 1. The number of ether oxygens (including phenoxy) is 1. The molecule has 0 saturated carbocycles. The van der Waals surface area contributed by atoms with Gasteiger partial charge in [0, 0.05) is 25.7 Å². The van der Waals surface area contributed by atoms with Crippen molar-refractivity contribution in [2.45, 2.75) is 46.7 Å². The normalized spacial score (nSPS) is 21.7. The van der Waals surface area contributed by atoms with Crippen LogP contribution in [0.3, 0.4) is 0 Å². The van der Waals surface area contributed by atoms with E-state index in [0.717, 1.165) is 31.8 Å². The number of hydrogen-bond donors (Lipinski definition) is 1. The molecule has 2 rings (SSSR count). The highest BCUT2D eigenvalue weighted by Crippen LogP contribution is 2.30. The maximum Gasteiger partial charge on any atom is 0.124 e. The fourth-order valence-electron chi connectivity index (χ4n) is 3.33. The molecular weight excluding hydrogens is 284 g/mol. The first-order chi connectivity index (χ1) is 9.33. The summed E-state index contributed by atoms with van der Waals surface area (Å²) in [6.45, 7) is 11.9. The van der Waals surface area contributed by atoms with Gasteiger partial charge in [-0.05, 0) is 42.4 Å². The summed E-state index contributed by atoms with van der Waals surface area (Å²) in [5.41, 5.74) is 10.2. The molecule has 2 N–H and O–H groups in total. The van der Waals surface area contributed by atoms with Crippen molar-refractivity contribution >= 4 is 12.4 Å². The summed E-state index contributed by atoms with van der Waals surface area (Å²) < 4.78 is 5.44. The third kappa shape index (κ3) is 4.12. The molecule has 3 nitrogen and oxygen atoms in total. The van der Waals surface area contributed by atoms with E-state index in [1.807, 2.05) is 0 Å². The van der Waals surface area contributed by atoms with Gasteiger partial charge in [0.05, 0.1) is 7.11 Å². The summed E-state index contributed by atoms with van der Waals surface area (Å²) in [6.07, 6.45) is 1.08. The lowest BCUT2D eigenvalue weighted by Crippen LogP contribution is -2.52. The fraction of sp³-hybridized carbons (Fsp3) is 0.647. The van der Waals surface area contributed by atoms with Gasteiger partial charge in [0.15, 0.2) is 0 Å². The Morgan fingerprint density at radius 3 is 2.33 bits per heavy atom. The Balaban J connectivity index is 0.00000220. The zero-order chi connectivity index (χ0) is 14.9. The molecule has 0 bridgehead atoms. The lowest BCUT2D eigenvalue weighted by Gasteiger charge is -2.42. The van der Waals surface area contributed by atoms with Gasteiger partial charge in [-0.25, -0.2) is 0 Å². The van der Waals surface area contributed by atoms with Gasteiger partial charge in [-0.3, -0.25) is 4.90 Å². The molecule has 1 aromatic carbocycles. The predicted molar refractivity (Wildman–Crippen MR) is 91.4 cm³/mol. The Labute approximate surface area is 135 Å². The van der Waals surface area contributed by atoms with Crippen LogP contribution in [-0.2, 0) is 6.54 Å². The van der Waals surface area contributed by atoms with Crippen molar-refractivity contribution in [1.29, 1.82) is 0 Å². The number of nitrogens with two attached hydrogens (primary N) is 1. The number of halogens is 1. The highest BCUT2D eigenvalue weighted by atomic mass is 35.5. The maximum atomic E-state index is 6.21. The van der Waals surface area contributed by atoms with Crippen LogP contribution in [0.15, 0.2) is 12.1 Å². The van der Waals surface area contributed by atoms with Crippen molar-refractivity contribution in [2.75, 3.05) is 20.2 Å². The van der Waals surface area contributed by atoms with E-state index in [0.29, 0.717) is 6.04 Å². The van der Waals surface area contributed by atoms with Crippen LogP contribution >= 0.6 is 12.4 Å². The number of hydrogen-bond acceptors (Lipinski definition) is 3. The first kappa shape index (κ1) is 18.3. The van der Waals surface area contributed by atoms with Crippen LogP contribution in [0.2, 0.25) is 0 Å². The number of nitrogens with zero attached hydrogens (tertiary/aromatic N) is 1. The van der Waals surface area contributed by atoms with Crippen LogP contribution in [0.4, 0.5) is 0 Å². The zero-order valence-corrected chi connectivity index (χ0v) is 14.7. The largest absolute Gasteiger partial charge is 0.496 e. The first-order valence-corrected chi connectivity index (χ1v) is 7.45. The highest BCUT2D eigenvalue weighted by molar-refractivity contribution is 5.85. The van der Waals surface area contributed by atoms with E-state index in [9.17, 15) is 0 Å². The monoisotopic (exact) mass is 312 g/mol. The predicted octanol–water partition coefficient (Wildman–Crippen LogP) is 3.29. The molecule has 0 aromatic heterocycles. The maximum absolute atomic E-state index is 6.21. The van der Waals surface area contributed by atoms with E-state index in [1.165, 1.54) is 16.7 Å². The Morgan fingerprint density at radius 2 is 1.86 bits per heavy atom. The van der Waals surface area contributed by atoms with Gasteiger partial charge in [-0.2, -0.15) is 0 Å². The Morgan fingerprint density at radius 1 is 1.29 bits per heavy atom. The van der Waals surface area contributed by atoms with E-state index in [-0.39, 0.29) is 17.8 Å². The molecule has 1 heterocycles. The topological polar surface area (TPSA) is 38.5 Å². The van der Waals surface area contributed by atoms with Gasteiger partial charge in [-0.15, -0.1) is 12.4 Å². The van der Waals surface area contributed by atoms with Crippen LogP contribution in [0.1, 0.15) is 37.0 Å². The van der Waals surface area contributed by atoms with Crippen LogP contribution < -0.4 is 10.5 Å². The molecule has 120 valence electrons. The molecule has 0 radical (unpaired) electrons. The Hall–Kier alpha value is -0.770. The smallest absolute Gasteiger partial charge is 0.124 e. The highest BCUT2D eigenvalue weighted by Gasteiger charge is 2.33. The summed E-state index contributed by atoms with van der Waals surface area (Å²) >= 11 is 0. The molecule has 1 aromatic rings. The minimum absolute atomic E-state index is 0. The number of benzene rings is 1. The summed E-state index contributed by atoms with van der Waals surface area (Å²) in [6, 6.07) is 4.80. The number of likely N-dealkylation sites (tertiary alicyclic amines) is 1. The summed E-state index contributed by atoms with van der Waals surface area (Å²) in [5.74, 6) is 1.01. The van der Waals surface area contributed by atoms with Gasteiger partial charge >= 0.3 is 0 Å². The molecule has 0 spiro atoms. The molecule has 0 aliphatic carbocycles. The average molecular weight is 313 g/mol. The molecular formula is C17H29ClN2O. The first-order valence-electron chi connectivity index (χ1n) is 7.45. The molecule has 1 atom stereocenters. The number of methoxy groups -OCH3 is 1. The fourth-order valence-corrected chi connectivity index (χ4v) is 3.33. The van der Waals surface area contributed by atoms with Gasteiger partial charge in [-0.1, -0.05) is 26.0 Å². The van der Waals surface area contributed by atoms with Crippen LogP contribution in [0, 0.1) is 19.3 Å².